The van der Waals surface area contributed by atoms with Crippen LogP contribution in [0.5, 0.6) is 0 Å². The molecule has 1 amide bonds. The Balaban J connectivity index is 1.64. The van der Waals surface area contributed by atoms with E-state index in [2.05, 4.69) is 30.9 Å². The average Bonchev–Trinajstić information content (AvgIpc) is 3.24. The molecule has 0 N–H and O–H groups in total. The van der Waals surface area contributed by atoms with Gasteiger partial charge >= 0.3 is 0 Å². The van der Waals surface area contributed by atoms with Crippen LogP contribution < -0.4 is 4.90 Å². The number of thiazole rings is 1. The Hall–Kier alpha value is -2.33. The van der Waals surface area contributed by atoms with E-state index < -0.39 is 9.84 Å². The molecular weight excluding hydrogens is 470 g/mol. The number of hydrogen-bond donors (Lipinski definition) is 0. The van der Waals surface area contributed by atoms with E-state index in [4.69, 9.17) is 9.72 Å². The van der Waals surface area contributed by atoms with Gasteiger partial charge in [-0.1, -0.05) is 24.3 Å². The van der Waals surface area contributed by atoms with Crippen LogP contribution in [0.2, 0.25) is 0 Å². The molecule has 1 aromatic heterocycles. The predicted molar refractivity (Wildman–Crippen MR) is 137 cm³/mol. The molecule has 0 saturated carbocycles. The first-order valence-electron chi connectivity index (χ1n) is 11.6. The standard InChI is InChI=1S/C25H31N3O4S2/c1-4-34(30,31)21-8-5-7-20(17-21)24(29)28(10-6-9-27-11-13-32-14-12-27)25-26-22-15-18(2)19(3)16-23(22)33-25/h5,7-8,15-17H,4,6,9-14H2,1-3H3. The zero-order valence-corrected chi connectivity index (χ0v) is 21.5. The maximum absolute atomic E-state index is 13.7. The summed E-state index contributed by atoms with van der Waals surface area (Å²) in [5.74, 6) is -0.243. The summed E-state index contributed by atoms with van der Waals surface area (Å²) in [6, 6.07) is 10.5. The van der Waals surface area contributed by atoms with E-state index >= 15 is 0 Å². The second kappa shape index (κ2) is 10.5. The van der Waals surface area contributed by atoms with E-state index in [1.807, 2.05) is 0 Å². The Labute approximate surface area is 205 Å². The van der Waals surface area contributed by atoms with Crippen LogP contribution in [0.3, 0.4) is 0 Å². The number of ether oxygens (including phenoxy) is 1. The van der Waals surface area contributed by atoms with Crippen LogP contribution >= 0.6 is 11.3 Å². The summed E-state index contributed by atoms with van der Waals surface area (Å²) >= 11 is 1.49. The minimum Gasteiger partial charge on any atom is -0.379 e. The van der Waals surface area contributed by atoms with Crippen molar-refractivity contribution >= 4 is 42.4 Å². The second-order valence-electron chi connectivity index (χ2n) is 8.60. The molecule has 9 heteroatoms. The van der Waals surface area contributed by atoms with Gasteiger partial charge < -0.3 is 4.74 Å². The number of carbonyl (C=O) groups is 1. The normalized spacial score (nSPS) is 15.0. The minimum atomic E-state index is -3.41. The topological polar surface area (TPSA) is 79.8 Å². The number of anilines is 1. The molecule has 1 aliphatic rings. The van der Waals surface area contributed by atoms with Crippen molar-refractivity contribution in [2.75, 3.05) is 50.0 Å². The summed E-state index contributed by atoms with van der Waals surface area (Å²) in [6.45, 7) is 10.3. The van der Waals surface area contributed by atoms with Crippen molar-refractivity contribution in [1.82, 2.24) is 9.88 Å². The lowest BCUT2D eigenvalue weighted by Gasteiger charge is -2.27. The number of benzene rings is 2. The lowest BCUT2D eigenvalue weighted by Crippen LogP contribution is -2.39. The molecule has 1 saturated heterocycles. The van der Waals surface area contributed by atoms with E-state index in [-0.39, 0.29) is 16.6 Å². The van der Waals surface area contributed by atoms with Gasteiger partial charge in [0.2, 0.25) is 0 Å². The Kier molecular flexibility index (Phi) is 7.67. The molecule has 2 aromatic carbocycles. The Morgan fingerprint density at radius 2 is 1.88 bits per heavy atom. The van der Waals surface area contributed by atoms with Crippen LogP contribution in [0, 0.1) is 13.8 Å². The van der Waals surface area contributed by atoms with Gasteiger partial charge in [0.15, 0.2) is 15.0 Å². The third-order valence-corrected chi connectivity index (χ3v) is 9.02. The van der Waals surface area contributed by atoms with Gasteiger partial charge in [-0.25, -0.2) is 13.4 Å². The van der Waals surface area contributed by atoms with Crippen LogP contribution in [0.25, 0.3) is 10.2 Å². The molecule has 0 aliphatic carbocycles. The third kappa shape index (κ3) is 5.49. The number of aromatic nitrogens is 1. The first kappa shape index (κ1) is 24.8. The van der Waals surface area contributed by atoms with Crippen molar-refractivity contribution in [3.63, 3.8) is 0 Å². The quantitative estimate of drug-likeness (QED) is 0.463. The van der Waals surface area contributed by atoms with Crippen LogP contribution in [0.1, 0.15) is 34.8 Å². The van der Waals surface area contributed by atoms with E-state index in [0.717, 1.165) is 55.0 Å². The van der Waals surface area contributed by atoms with Crippen molar-refractivity contribution in [2.24, 2.45) is 0 Å². The number of rotatable bonds is 8. The van der Waals surface area contributed by atoms with Gasteiger partial charge in [-0.3, -0.25) is 14.6 Å². The Morgan fingerprint density at radius 3 is 2.62 bits per heavy atom. The molecule has 0 bridgehead atoms. The molecular formula is C25H31N3O4S2. The first-order chi connectivity index (χ1) is 16.3. The third-order valence-electron chi connectivity index (χ3n) is 6.25. The van der Waals surface area contributed by atoms with Crippen molar-refractivity contribution in [3.8, 4) is 0 Å². The van der Waals surface area contributed by atoms with Gasteiger partial charge in [0.1, 0.15) is 0 Å². The molecule has 0 spiro atoms. The fraction of sp³-hybridized carbons (Fsp3) is 0.440. The minimum absolute atomic E-state index is 0.00945. The van der Waals surface area contributed by atoms with Crippen LogP contribution in [-0.4, -0.2) is 69.4 Å². The summed E-state index contributed by atoms with van der Waals surface area (Å²) in [4.78, 5) is 22.7. The van der Waals surface area contributed by atoms with Gasteiger partial charge in [-0.2, -0.15) is 0 Å². The number of amides is 1. The largest absolute Gasteiger partial charge is 0.379 e. The monoisotopic (exact) mass is 501 g/mol. The number of sulfone groups is 1. The van der Waals surface area contributed by atoms with E-state index in [1.165, 1.54) is 23.0 Å². The van der Waals surface area contributed by atoms with E-state index in [1.54, 1.807) is 30.0 Å². The maximum atomic E-state index is 13.7. The van der Waals surface area contributed by atoms with Gasteiger partial charge in [-0.05, 0) is 61.7 Å². The predicted octanol–water partition coefficient (Wildman–Crippen LogP) is 4.08. The number of aryl methyl sites for hydroxylation is 2. The number of carbonyl (C=O) groups excluding carboxylic acids is 1. The summed E-state index contributed by atoms with van der Waals surface area (Å²) in [6.07, 6.45) is 0.784. The summed E-state index contributed by atoms with van der Waals surface area (Å²) in [5.41, 5.74) is 3.57. The van der Waals surface area contributed by atoms with E-state index in [9.17, 15) is 13.2 Å². The fourth-order valence-electron chi connectivity index (χ4n) is 3.99. The fourth-order valence-corrected chi connectivity index (χ4v) is 5.99. The lowest BCUT2D eigenvalue weighted by atomic mass is 10.1. The highest BCUT2D eigenvalue weighted by Gasteiger charge is 2.23. The number of hydrogen-bond acceptors (Lipinski definition) is 7. The highest BCUT2D eigenvalue weighted by Crippen LogP contribution is 2.32. The molecule has 7 nitrogen and oxygen atoms in total. The van der Waals surface area contributed by atoms with E-state index in [0.29, 0.717) is 17.2 Å². The van der Waals surface area contributed by atoms with Crippen molar-refractivity contribution < 1.29 is 17.9 Å². The number of nitrogens with zero attached hydrogens (tertiary/aromatic N) is 3. The number of morpholine rings is 1. The van der Waals surface area contributed by atoms with Crippen LogP contribution in [-0.2, 0) is 14.6 Å². The zero-order valence-electron chi connectivity index (χ0n) is 19.9. The molecule has 3 aromatic rings. The second-order valence-corrected chi connectivity index (χ2v) is 11.9. The van der Waals surface area contributed by atoms with Crippen LogP contribution in [0.15, 0.2) is 41.3 Å². The summed E-state index contributed by atoms with van der Waals surface area (Å²) in [7, 11) is -3.41. The van der Waals surface area contributed by atoms with Crippen molar-refractivity contribution in [2.45, 2.75) is 32.1 Å². The zero-order chi connectivity index (χ0) is 24.3. The Bertz CT molecular complexity index is 1240. The van der Waals surface area contributed by atoms with Crippen LogP contribution in [0.4, 0.5) is 5.13 Å². The summed E-state index contributed by atoms with van der Waals surface area (Å²) in [5, 5.41) is 0.635. The smallest absolute Gasteiger partial charge is 0.260 e. The number of fused-ring (bicyclic) bond motifs is 1. The van der Waals surface area contributed by atoms with Gasteiger partial charge in [0.25, 0.3) is 5.91 Å². The highest BCUT2D eigenvalue weighted by atomic mass is 32.2. The van der Waals surface area contributed by atoms with Gasteiger partial charge in [0, 0.05) is 31.7 Å². The van der Waals surface area contributed by atoms with Crippen molar-refractivity contribution in [1.29, 1.82) is 0 Å². The molecule has 4 rings (SSSR count). The molecule has 0 radical (unpaired) electrons. The molecule has 0 atom stereocenters. The lowest BCUT2D eigenvalue weighted by molar-refractivity contribution is 0.0376. The van der Waals surface area contributed by atoms with Gasteiger partial charge in [-0.15, -0.1) is 0 Å². The molecule has 182 valence electrons. The average molecular weight is 502 g/mol. The highest BCUT2D eigenvalue weighted by molar-refractivity contribution is 7.91. The summed E-state index contributed by atoms with van der Waals surface area (Å²) < 4.78 is 31.2. The van der Waals surface area contributed by atoms with Gasteiger partial charge in [0.05, 0.1) is 34.1 Å². The molecule has 2 heterocycles. The molecule has 1 aliphatic heterocycles. The molecule has 0 unspecified atom stereocenters. The molecule has 1 fully saturated rings. The Morgan fingerprint density at radius 1 is 1.15 bits per heavy atom. The first-order valence-corrected chi connectivity index (χ1v) is 14.1. The SMILES string of the molecule is CCS(=O)(=O)c1cccc(C(=O)N(CCCN2CCOCC2)c2nc3cc(C)c(C)cc3s2)c1. The molecule has 34 heavy (non-hydrogen) atoms. The van der Waals surface area contributed by atoms with Crippen molar-refractivity contribution in [3.05, 3.63) is 53.1 Å². The maximum Gasteiger partial charge on any atom is 0.260 e.